The Morgan fingerprint density at radius 3 is 1.19 bits per heavy atom. The van der Waals surface area contributed by atoms with E-state index in [0.29, 0.717) is 5.92 Å². The molecule has 47 heavy (non-hydrogen) atoms. The second kappa shape index (κ2) is 24.9. The van der Waals surface area contributed by atoms with Gasteiger partial charge in [0.1, 0.15) is 5.66 Å². The molecule has 2 unspecified atom stereocenters. The maximum atomic E-state index is 2.78. The fourth-order valence-corrected chi connectivity index (χ4v) is 8.15. The summed E-state index contributed by atoms with van der Waals surface area (Å²) in [5.41, 5.74) is 2.88. The van der Waals surface area contributed by atoms with Crippen molar-refractivity contribution in [2.24, 2.45) is 0 Å². The first-order valence-corrected chi connectivity index (χ1v) is 20.6. The molecule has 0 saturated carbocycles. The molecule has 0 N–H and O–H groups in total. The third kappa shape index (κ3) is 14.0. The first-order valence-electron chi connectivity index (χ1n) is 20.6. The lowest BCUT2D eigenvalue weighted by Gasteiger charge is -2.51. The maximum absolute atomic E-state index is 2.78. The Kier molecular flexibility index (Phi) is 20.7. The summed E-state index contributed by atoms with van der Waals surface area (Å²) < 4.78 is 0. The van der Waals surface area contributed by atoms with E-state index in [0.717, 1.165) is 25.9 Å². The highest BCUT2D eigenvalue weighted by Gasteiger charge is 2.49. The van der Waals surface area contributed by atoms with Crippen molar-refractivity contribution in [1.82, 2.24) is 9.80 Å². The van der Waals surface area contributed by atoms with Crippen LogP contribution in [-0.2, 0) is 6.42 Å². The summed E-state index contributed by atoms with van der Waals surface area (Å²) >= 11 is 0. The third-order valence-corrected chi connectivity index (χ3v) is 10.9. The van der Waals surface area contributed by atoms with E-state index in [1.54, 1.807) is 0 Å². The van der Waals surface area contributed by atoms with E-state index in [4.69, 9.17) is 0 Å². The van der Waals surface area contributed by atoms with Crippen LogP contribution in [0.2, 0.25) is 0 Å². The number of hydrogen-bond donors (Lipinski definition) is 0. The van der Waals surface area contributed by atoms with E-state index in [-0.39, 0.29) is 5.66 Å². The molecule has 1 heterocycles. The molecule has 0 radical (unpaired) electrons. The zero-order valence-electron chi connectivity index (χ0n) is 31.3. The van der Waals surface area contributed by atoms with Gasteiger partial charge in [0, 0.05) is 37.8 Å². The van der Waals surface area contributed by atoms with E-state index in [1.165, 1.54) is 152 Å². The summed E-state index contributed by atoms with van der Waals surface area (Å²) in [6, 6.07) is 22.8. The quantitative estimate of drug-likeness (QED) is 0.0815. The molecule has 0 amide bonds. The first-order chi connectivity index (χ1) is 23.3. The van der Waals surface area contributed by atoms with Crippen LogP contribution in [0.25, 0.3) is 0 Å². The number of rotatable bonds is 29. The van der Waals surface area contributed by atoms with Gasteiger partial charge in [-0.25, -0.2) is 0 Å². The summed E-state index contributed by atoms with van der Waals surface area (Å²) in [7, 11) is 0. The van der Waals surface area contributed by atoms with Gasteiger partial charge in [0.2, 0.25) is 0 Å². The van der Waals surface area contributed by atoms with E-state index in [9.17, 15) is 0 Å². The molecular formula is C45H74N2. The van der Waals surface area contributed by atoms with Gasteiger partial charge in [-0.3, -0.25) is 0 Å². The molecule has 2 heteroatoms. The lowest BCUT2D eigenvalue weighted by Crippen LogP contribution is -2.59. The highest BCUT2D eigenvalue weighted by atomic mass is 15.4. The predicted octanol–water partition coefficient (Wildman–Crippen LogP) is 13.8. The lowest BCUT2D eigenvalue weighted by molar-refractivity contribution is -0.00378. The number of benzene rings is 2. The zero-order valence-corrected chi connectivity index (χ0v) is 31.3. The van der Waals surface area contributed by atoms with Crippen LogP contribution in [0, 0.1) is 0 Å². The molecule has 264 valence electrons. The van der Waals surface area contributed by atoms with E-state index < -0.39 is 0 Å². The molecule has 0 saturated heterocycles. The van der Waals surface area contributed by atoms with Gasteiger partial charge in [0.25, 0.3) is 0 Å². The largest absolute Gasteiger partial charge is 0.353 e. The molecule has 0 spiro atoms. The SMILES string of the molecule is CCCCCCCCCCCCCCCCCN1C=CN(CCCCCCCCC)C1(Cc1ccccc1)C(CC)c1ccccc1. The Labute approximate surface area is 292 Å². The average Bonchev–Trinajstić information content (AvgIpc) is 3.43. The highest BCUT2D eigenvalue weighted by molar-refractivity contribution is 5.30. The van der Waals surface area contributed by atoms with E-state index >= 15 is 0 Å². The Hall–Kier alpha value is -2.22. The standard InChI is InChI=1S/C45H74N2/c1-4-7-9-11-13-14-15-16-17-18-19-20-22-24-32-38-47-40-39-46(37-31-23-21-12-10-8-5-2)45(47,41-42-33-27-25-28-34-42)44(6-3)43-35-29-26-30-36-43/h25-30,33-36,39-40,44H,4-24,31-32,37-38,41H2,1-3H3. The summed E-state index contributed by atoms with van der Waals surface area (Å²) in [5.74, 6) is 0.444. The van der Waals surface area contributed by atoms with Crippen LogP contribution >= 0.6 is 0 Å². The zero-order chi connectivity index (χ0) is 33.3. The van der Waals surface area contributed by atoms with Crippen LogP contribution in [0.3, 0.4) is 0 Å². The topological polar surface area (TPSA) is 6.48 Å². The Bertz CT molecular complexity index is 1020. The molecule has 0 aromatic heterocycles. The molecular weight excluding hydrogens is 569 g/mol. The number of unbranched alkanes of at least 4 members (excludes halogenated alkanes) is 20. The molecule has 2 aromatic carbocycles. The van der Waals surface area contributed by atoms with Gasteiger partial charge in [-0.15, -0.1) is 0 Å². The molecule has 1 aliphatic heterocycles. The molecule has 2 atom stereocenters. The van der Waals surface area contributed by atoms with Gasteiger partial charge in [0.15, 0.2) is 0 Å². The van der Waals surface area contributed by atoms with Crippen LogP contribution in [-0.4, -0.2) is 28.6 Å². The van der Waals surface area contributed by atoms with Crippen LogP contribution in [0.1, 0.15) is 185 Å². The summed E-state index contributed by atoms with van der Waals surface area (Å²) in [6.45, 7) is 9.34. The van der Waals surface area contributed by atoms with E-state index in [1.807, 2.05) is 0 Å². The van der Waals surface area contributed by atoms with Crippen LogP contribution in [0.4, 0.5) is 0 Å². The minimum Gasteiger partial charge on any atom is -0.353 e. The number of hydrogen-bond acceptors (Lipinski definition) is 2. The Balaban J connectivity index is 1.56. The Morgan fingerprint density at radius 2 is 0.809 bits per heavy atom. The van der Waals surface area contributed by atoms with Crippen molar-refractivity contribution in [3.05, 3.63) is 84.2 Å². The van der Waals surface area contributed by atoms with Gasteiger partial charge < -0.3 is 9.80 Å². The summed E-state index contributed by atoms with van der Waals surface area (Å²) in [4.78, 5) is 5.56. The summed E-state index contributed by atoms with van der Waals surface area (Å²) in [6.07, 6.45) is 37.9. The minimum atomic E-state index is -0.0599. The molecule has 2 nitrogen and oxygen atoms in total. The molecule has 0 fully saturated rings. The second-order valence-corrected chi connectivity index (χ2v) is 14.7. The van der Waals surface area contributed by atoms with Crippen molar-refractivity contribution in [3.63, 3.8) is 0 Å². The maximum Gasteiger partial charge on any atom is 0.123 e. The van der Waals surface area contributed by atoms with Crippen molar-refractivity contribution >= 4 is 0 Å². The van der Waals surface area contributed by atoms with Crippen molar-refractivity contribution in [2.45, 2.75) is 186 Å². The Morgan fingerprint density at radius 1 is 0.447 bits per heavy atom. The lowest BCUT2D eigenvalue weighted by atomic mass is 9.78. The number of nitrogens with zero attached hydrogens (tertiary/aromatic N) is 2. The van der Waals surface area contributed by atoms with Crippen molar-refractivity contribution < 1.29 is 0 Å². The average molecular weight is 643 g/mol. The van der Waals surface area contributed by atoms with Crippen LogP contribution < -0.4 is 0 Å². The molecule has 0 bridgehead atoms. The van der Waals surface area contributed by atoms with Crippen LogP contribution in [0.5, 0.6) is 0 Å². The van der Waals surface area contributed by atoms with E-state index in [2.05, 4.69) is 104 Å². The predicted molar refractivity (Wildman–Crippen MR) is 208 cm³/mol. The molecule has 3 rings (SSSR count). The molecule has 2 aromatic rings. The fraction of sp³-hybridized carbons (Fsp3) is 0.689. The fourth-order valence-electron chi connectivity index (χ4n) is 8.15. The normalized spacial score (nSPS) is 16.7. The summed E-state index contributed by atoms with van der Waals surface area (Å²) in [5, 5.41) is 0. The monoisotopic (exact) mass is 643 g/mol. The smallest absolute Gasteiger partial charge is 0.123 e. The van der Waals surface area contributed by atoms with Crippen molar-refractivity contribution in [2.75, 3.05) is 13.1 Å². The van der Waals surface area contributed by atoms with Gasteiger partial charge in [-0.1, -0.05) is 210 Å². The van der Waals surface area contributed by atoms with Gasteiger partial charge in [0.05, 0.1) is 0 Å². The third-order valence-electron chi connectivity index (χ3n) is 10.9. The highest BCUT2D eigenvalue weighted by Crippen LogP contribution is 2.45. The molecule has 0 aliphatic carbocycles. The van der Waals surface area contributed by atoms with Crippen molar-refractivity contribution in [3.8, 4) is 0 Å². The van der Waals surface area contributed by atoms with Gasteiger partial charge >= 0.3 is 0 Å². The first kappa shape index (κ1) is 39.2. The van der Waals surface area contributed by atoms with Gasteiger partial charge in [-0.2, -0.15) is 0 Å². The second-order valence-electron chi connectivity index (χ2n) is 14.7. The minimum absolute atomic E-state index is 0.0599. The van der Waals surface area contributed by atoms with Gasteiger partial charge in [-0.05, 0) is 30.4 Å². The molecule has 1 aliphatic rings. The van der Waals surface area contributed by atoms with Crippen LogP contribution in [0.15, 0.2) is 73.1 Å². The van der Waals surface area contributed by atoms with Crippen molar-refractivity contribution in [1.29, 1.82) is 0 Å².